The fourth-order valence-electron chi connectivity index (χ4n) is 3.52. The molecule has 1 N–H and O–H groups in total. The summed E-state index contributed by atoms with van der Waals surface area (Å²) in [5.41, 5.74) is 3.37. The lowest BCUT2D eigenvalue weighted by molar-refractivity contribution is 0.625. The largest absolute Gasteiger partial charge is 0.367 e. The molecule has 1 aliphatic heterocycles. The van der Waals surface area contributed by atoms with Crippen LogP contribution in [-0.2, 0) is 19.4 Å². The molecule has 0 bridgehead atoms. The van der Waals surface area contributed by atoms with Crippen molar-refractivity contribution in [2.75, 3.05) is 18.0 Å². The van der Waals surface area contributed by atoms with Gasteiger partial charge in [-0.2, -0.15) is 5.10 Å². The first-order chi connectivity index (χ1) is 13.0. The fourth-order valence-corrected chi connectivity index (χ4v) is 3.73. The van der Waals surface area contributed by atoms with Gasteiger partial charge in [-0.25, -0.2) is 14.5 Å². The summed E-state index contributed by atoms with van der Waals surface area (Å²) in [6, 6.07) is 4.87. The number of aromatic amines is 1. The number of aromatic nitrogens is 4. The number of nitrogens with zero attached hydrogens (tertiary/aromatic N) is 4. The van der Waals surface area contributed by atoms with Crippen LogP contribution < -0.4 is 10.5 Å². The summed E-state index contributed by atoms with van der Waals surface area (Å²) < 4.78 is 15.6. The molecule has 0 atom stereocenters. The van der Waals surface area contributed by atoms with Gasteiger partial charge in [0.2, 0.25) is 0 Å². The van der Waals surface area contributed by atoms with Crippen LogP contribution in [0.15, 0.2) is 35.4 Å². The van der Waals surface area contributed by atoms with Gasteiger partial charge >= 0.3 is 0 Å². The predicted molar refractivity (Wildman–Crippen MR) is 102 cm³/mol. The predicted octanol–water partition coefficient (Wildman–Crippen LogP) is 2.72. The van der Waals surface area contributed by atoms with Crippen molar-refractivity contribution >= 4 is 17.3 Å². The van der Waals surface area contributed by atoms with E-state index in [1.54, 1.807) is 12.3 Å². The third-order valence-corrected chi connectivity index (χ3v) is 5.38. The van der Waals surface area contributed by atoms with E-state index in [0.29, 0.717) is 25.2 Å². The highest BCUT2D eigenvalue weighted by Gasteiger charge is 2.20. The van der Waals surface area contributed by atoms with E-state index in [2.05, 4.69) is 24.6 Å². The van der Waals surface area contributed by atoms with E-state index in [-0.39, 0.29) is 16.4 Å². The summed E-state index contributed by atoms with van der Waals surface area (Å²) in [6.45, 7) is 4.05. The van der Waals surface area contributed by atoms with Gasteiger partial charge in [-0.15, -0.1) is 0 Å². The van der Waals surface area contributed by atoms with Crippen molar-refractivity contribution in [1.82, 2.24) is 19.7 Å². The van der Waals surface area contributed by atoms with Gasteiger partial charge in [0.1, 0.15) is 16.7 Å². The highest BCUT2D eigenvalue weighted by Crippen LogP contribution is 2.24. The van der Waals surface area contributed by atoms with E-state index in [1.165, 1.54) is 6.07 Å². The minimum atomic E-state index is -0.386. The van der Waals surface area contributed by atoms with Crippen LogP contribution in [0.3, 0.4) is 0 Å². The summed E-state index contributed by atoms with van der Waals surface area (Å²) >= 11 is 6.16. The number of hydrogen-bond donors (Lipinski definition) is 1. The molecule has 6 nitrogen and oxygen atoms in total. The molecule has 3 heterocycles. The first kappa shape index (κ1) is 17.7. The molecular formula is C19H19ClFN5O. The van der Waals surface area contributed by atoms with Crippen LogP contribution in [-0.4, -0.2) is 32.8 Å². The topological polar surface area (TPSA) is 66.8 Å². The highest BCUT2D eigenvalue weighted by molar-refractivity contribution is 6.32. The maximum atomic E-state index is 13.4. The molecule has 27 heavy (non-hydrogen) atoms. The van der Waals surface area contributed by atoms with E-state index in [0.717, 1.165) is 35.6 Å². The summed E-state index contributed by atoms with van der Waals surface area (Å²) in [5, 5.41) is 6.36. The number of anilines is 1. The molecule has 0 saturated carbocycles. The van der Waals surface area contributed by atoms with Crippen LogP contribution in [0.4, 0.5) is 10.1 Å². The quantitative estimate of drug-likeness (QED) is 0.750. The van der Waals surface area contributed by atoms with Crippen molar-refractivity contribution in [2.45, 2.75) is 26.3 Å². The first-order valence-corrected chi connectivity index (χ1v) is 9.17. The van der Waals surface area contributed by atoms with Gasteiger partial charge in [0.05, 0.1) is 11.9 Å². The Morgan fingerprint density at radius 2 is 2.11 bits per heavy atom. The molecule has 0 amide bonds. The van der Waals surface area contributed by atoms with Crippen LogP contribution in [0.5, 0.6) is 0 Å². The normalized spacial score (nSPS) is 14.1. The number of aryl methyl sites for hydroxylation is 1. The van der Waals surface area contributed by atoms with Crippen LogP contribution >= 0.6 is 11.6 Å². The lowest BCUT2D eigenvalue weighted by Gasteiger charge is -2.22. The molecule has 140 valence electrons. The smallest absolute Gasteiger partial charge is 0.285 e. The van der Waals surface area contributed by atoms with Crippen LogP contribution in [0.25, 0.3) is 0 Å². The van der Waals surface area contributed by atoms with Gasteiger partial charge in [-0.05, 0) is 30.2 Å². The molecule has 2 aromatic heterocycles. The second kappa shape index (κ2) is 7.15. The molecule has 0 spiro atoms. The molecule has 3 aromatic rings. The van der Waals surface area contributed by atoms with Crippen molar-refractivity contribution < 1.29 is 4.39 Å². The minimum absolute atomic E-state index is 0.159. The molecular weight excluding hydrogens is 369 g/mol. The number of imidazole rings is 1. The molecule has 0 fully saturated rings. The molecule has 1 aliphatic rings. The number of benzene rings is 1. The molecule has 8 heteroatoms. The second-order valence-corrected chi connectivity index (χ2v) is 7.08. The Kier molecular flexibility index (Phi) is 4.70. The second-order valence-electron chi connectivity index (χ2n) is 6.70. The minimum Gasteiger partial charge on any atom is -0.367 e. The first-order valence-electron chi connectivity index (χ1n) is 8.79. The summed E-state index contributed by atoms with van der Waals surface area (Å²) in [7, 11) is 0. The van der Waals surface area contributed by atoms with Gasteiger partial charge in [-0.1, -0.05) is 17.7 Å². The Labute approximate surface area is 160 Å². The zero-order chi connectivity index (χ0) is 19.0. The molecule has 0 aliphatic carbocycles. The Bertz CT molecular complexity index is 1040. The van der Waals surface area contributed by atoms with Crippen LogP contribution in [0.2, 0.25) is 5.02 Å². The summed E-state index contributed by atoms with van der Waals surface area (Å²) in [5.74, 6) is 0.781. The van der Waals surface area contributed by atoms with Crippen molar-refractivity contribution in [1.29, 1.82) is 0 Å². The van der Waals surface area contributed by atoms with Crippen molar-refractivity contribution in [3.63, 3.8) is 0 Å². The zero-order valence-electron chi connectivity index (χ0n) is 14.9. The van der Waals surface area contributed by atoms with Crippen molar-refractivity contribution in [3.8, 4) is 0 Å². The molecule has 0 saturated heterocycles. The van der Waals surface area contributed by atoms with Gasteiger partial charge in [-0.3, -0.25) is 4.79 Å². The van der Waals surface area contributed by atoms with E-state index in [9.17, 15) is 9.18 Å². The average Bonchev–Trinajstić information content (AvgIpc) is 2.89. The third kappa shape index (κ3) is 3.47. The van der Waals surface area contributed by atoms with E-state index >= 15 is 0 Å². The van der Waals surface area contributed by atoms with Gasteiger partial charge in [0.15, 0.2) is 0 Å². The van der Waals surface area contributed by atoms with Crippen LogP contribution in [0, 0.1) is 12.7 Å². The van der Waals surface area contributed by atoms with Crippen molar-refractivity contribution in [2.24, 2.45) is 0 Å². The van der Waals surface area contributed by atoms with Gasteiger partial charge in [0.25, 0.3) is 5.56 Å². The Morgan fingerprint density at radius 1 is 1.26 bits per heavy atom. The lowest BCUT2D eigenvalue weighted by atomic mass is 10.0. The lowest BCUT2D eigenvalue weighted by Crippen LogP contribution is -2.29. The Morgan fingerprint density at radius 3 is 2.93 bits per heavy atom. The molecule has 1 aromatic carbocycles. The van der Waals surface area contributed by atoms with Gasteiger partial charge in [0, 0.05) is 44.4 Å². The van der Waals surface area contributed by atoms with Gasteiger partial charge < -0.3 is 9.47 Å². The number of nitrogens with one attached hydrogen (secondary N) is 1. The maximum Gasteiger partial charge on any atom is 0.285 e. The number of hydrogen-bond acceptors (Lipinski definition) is 4. The van der Waals surface area contributed by atoms with E-state index in [4.69, 9.17) is 11.6 Å². The van der Waals surface area contributed by atoms with E-state index in [1.807, 2.05) is 19.2 Å². The Hall–Kier alpha value is -2.67. The molecule has 4 rings (SSSR count). The maximum absolute atomic E-state index is 13.4. The fraction of sp³-hybridized carbons (Fsp3) is 0.316. The van der Waals surface area contributed by atoms with E-state index < -0.39 is 0 Å². The third-order valence-electron chi connectivity index (χ3n) is 5.01. The Balaban J connectivity index is 1.57. The monoisotopic (exact) mass is 387 g/mol. The standard InChI is InChI=1S/C19H19ClFN5O/c1-12-8-14(21)3-2-13(12)9-15-10-22-17-4-5-25(6-7-26(15)17)16-11-23-24-19(27)18(16)20/h2-3,8,10-11H,4-7,9H2,1H3,(H,24,27). The SMILES string of the molecule is Cc1cc(F)ccc1Cc1cnc2n1CCN(c1cn[nH]c(=O)c1Cl)CC2. The average molecular weight is 388 g/mol. The molecule has 0 unspecified atom stereocenters. The van der Waals surface area contributed by atoms with Crippen molar-refractivity contribution in [3.05, 3.63) is 74.4 Å². The zero-order valence-corrected chi connectivity index (χ0v) is 15.6. The molecule has 0 radical (unpaired) electrons. The van der Waals surface area contributed by atoms with Crippen LogP contribution in [0.1, 0.15) is 22.6 Å². The number of H-pyrrole nitrogens is 1. The number of rotatable bonds is 3. The number of halogens is 2. The summed E-state index contributed by atoms with van der Waals surface area (Å²) in [4.78, 5) is 18.4. The highest BCUT2D eigenvalue weighted by atomic mass is 35.5. The summed E-state index contributed by atoms with van der Waals surface area (Å²) in [6.07, 6.45) is 4.92. The number of fused-ring (bicyclic) bond motifs is 1.